The molecule has 1 N–H and O–H groups in total. The molecule has 0 aliphatic carbocycles. The third-order valence-electron chi connectivity index (χ3n) is 4.56. The maximum atomic E-state index is 12.7. The van der Waals surface area contributed by atoms with Crippen LogP contribution in [0.4, 0.5) is 0 Å². The molecular weight excluding hydrogens is 294 g/mol. The van der Waals surface area contributed by atoms with Crippen LogP contribution < -0.4 is 4.74 Å². The van der Waals surface area contributed by atoms with Gasteiger partial charge in [-0.15, -0.1) is 0 Å². The molecule has 1 amide bonds. The standard InChI is InChI=1S/C18H25NO4/c1-12-8-9-19(16(10-12)18(21)22)17(20)13(2)11-14-4-6-15(23-3)7-5-14/h4-7,12-13,16H,8-11H2,1-3H3,(H,21,22). The summed E-state index contributed by atoms with van der Waals surface area (Å²) in [5.74, 6) is -0.0824. The topological polar surface area (TPSA) is 66.8 Å². The molecule has 1 fully saturated rings. The Morgan fingerprint density at radius 2 is 2.00 bits per heavy atom. The third-order valence-corrected chi connectivity index (χ3v) is 4.56. The van der Waals surface area contributed by atoms with Gasteiger partial charge in [-0.1, -0.05) is 26.0 Å². The molecule has 1 heterocycles. The quantitative estimate of drug-likeness (QED) is 0.906. The van der Waals surface area contributed by atoms with Crippen LogP contribution in [-0.4, -0.2) is 41.6 Å². The van der Waals surface area contributed by atoms with Gasteiger partial charge in [0.25, 0.3) is 0 Å². The van der Waals surface area contributed by atoms with Gasteiger partial charge in [0.15, 0.2) is 0 Å². The van der Waals surface area contributed by atoms with E-state index in [2.05, 4.69) is 0 Å². The van der Waals surface area contributed by atoms with Gasteiger partial charge in [0.2, 0.25) is 5.91 Å². The number of carboxylic acids is 1. The highest BCUT2D eigenvalue weighted by molar-refractivity contribution is 5.85. The third kappa shape index (κ3) is 4.24. The molecule has 0 radical (unpaired) electrons. The Kier molecular flexibility index (Phi) is 5.64. The second-order valence-electron chi connectivity index (χ2n) is 6.47. The minimum absolute atomic E-state index is 0.0693. The molecule has 1 aromatic rings. The summed E-state index contributed by atoms with van der Waals surface area (Å²) in [7, 11) is 1.62. The summed E-state index contributed by atoms with van der Waals surface area (Å²) < 4.78 is 5.13. The van der Waals surface area contributed by atoms with Gasteiger partial charge in [0.1, 0.15) is 11.8 Å². The van der Waals surface area contributed by atoms with Gasteiger partial charge in [-0.05, 0) is 42.9 Å². The van der Waals surface area contributed by atoms with Crippen molar-refractivity contribution in [2.75, 3.05) is 13.7 Å². The summed E-state index contributed by atoms with van der Waals surface area (Å²) >= 11 is 0. The van der Waals surface area contributed by atoms with E-state index in [9.17, 15) is 14.7 Å². The van der Waals surface area contributed by atoms with Gasteiger partial charge < -0.3 is 14.7 Å². The lowest BCUT2D eigenvalue weighted by Gasteiger charge is -2.37. The minimum atomic E-state index is -0.901. The Morgan fingerprint density at radius 1 is 1.35 bits per heavy atom. The molecule has 3 atom stereocenters. The lowest BCUT2D eigenvalue weighted by molar-refractivity contribution is -0.154. The average molecular weight is 319 g/mol. The van der Waals surface area contributed by atoms with Crippen molar-refractivity contribution in [1.29, 1.82) is 0 Å². The monoisotopic (exact) mass is 319 g/mol. The van der Waals surface area contributed by atoms with Crippen molar-refractivity contribution in [3.8, 4) is 5.75 Å². The van der Waals surface area contributed by atoms with Crippen LogP contribution in [0.5, 0.6) is 5.75 Å². The summed E-state index contributed by atoms with van der Waals surface area (Å²) in [5, 5.41) is 9.40. The van der Waals surface area contributed by atoms with Gasteiger partial charge in [-0.2, -0.15) is 0 Å². The molecule has 1 saturated heterocycles. The normalized spacial score (nSPS) is 22.5. The molecule has 0 spiro atoms. The Morgan fingerprint density at radius 3 is 2.57 bits per heavy atom. The van der Waals surface area contributed by atoms with Crippen molar-refractivity contribution in [2.45, 2.75) is 39.2 Å². The first kappa shape index (κ1) is 17.3. The van der Waals surface area contributed by atoms with Crippen molar-refractivity contribution in [1.82, 2.24) is 4.90 Å². The van der Waals surface area contributed by atoms with Crippen LogP contribution in [0.1, 0.15) is 32.3 Å². The van der Waals surface area contributed by atoms with Crippen molar-refractivity contribution in [3.63, 3.8) is 0 Å². The lowest BCUT2D eigenvalue weighted by Crippen LogP contribution is -2.51. The van der Waals surface area contributed by atoms with Crippen LogP contribution in [0.25, 0.3) is 0 Å². The van der Waals surface area contributed by atoms with Crippen LogP contribution in [0.3, 0.4) is 0 Å². The van der Waals surface area contributed by atoms with Crippen molar-refractivity contribution in [2.24, 2.45) is 11.8 Å². The number of carbonyl (C=O) groups is 2. The SMILES string of the molecule is COc1ccc(CC(C)C(=O)N2CCC(C)CC2C(=O)O)cc1. The molecule has 2 rings (SSSR count). The van der Waals surface area contributed by atoms with E-state index in [1.807, 2.05) is 38.1 Å². The van der Waals surface area contributed by atoms with Crippen molar-refractivity contribution >= 4 is 11.9 Å². The fourth-order valence-corrected chi connectivity index (χ4v) is 3.13. The summed E-state index contributed by atoms with van der Waals surface area (Å²) in [6, 6.07) is 6.93. The minimum Gasteiger partial charge on any atom is -0.497 e. The molecule has 23 heavy (non-hydrogen) atoms. The predicted octanol–water partition coefficient (Wildman–Crippen LogP) is 2.59. The molecule has 1 aromatic carbocycles. The molecule has 1 aliphatic rings. The Bertz CT molecular complexity index is 555. The molecule has 5 nitrogen and oxygen atoms in total. The van der Waals surface area contributed by atoms with Crippen LogP contribution >= 0.6 is 0 Å². The van der Waals surface area contributed by atoms with Crippen LogP contribution in [-0.2, 0) is 16.0 Å². The van der Waals surface area contributed by atoms with Gasteiger partial charge in [-0.3, -0.25) is 4.79 Å². The Balaban J connectivity index is 2.03. The fraction of sp³-hybridized carbons (Fsp3) is 0.556. The van der Waals surface area contributed by atoms with Gasteiger partial charge in [0, 0.05) is 12.5 Å². The first-order valence-corrected chi connectivity index (χ1v) is 8.08. The number of aliphatic carboxylic acids is 1. The fourth-order valence-electron chi connectivity index (χ4n) is 3.13. The summed E-state index contributed by atoms with van der Waals surface area (Å²) in [4.78, 5) is 25.7. The van der Waals surface area contributed by atoms with E-state index in [-0.39, 0.29) is 11.8 Å². The van der Waals surface area contributed by atoms with Crippen LogP contribution in [0.2, 0.25) is 0 Å². The smallest absolute Gasteiger partial charge is 0.326 e. The number of ether oxygens (including phenoxy) is 1. The van der Waals surface area contributed by atoms with E-state index in [0.29, 0.717) is 25.3 Å². The first-order chi connectivity index (χ1) is 10.9. The zero-order chi connectivity index (χ0) is 17.0. The highest BCUT2D eigenvalue weighted by Gasteiger charge is 2.36. The number of likely N-dealkylation sites (tertiary alicyclic amines) is 1. The second-order valence-corrected chi connectivity index (χ2v) is 6.47. The molecule has 0 aromatic heterocycles. The Labute approximate surface area is 137 Å². The zero-order valence-corrected chi connectivity index (χ0v) is 14.0. The number of methoxy groups -OCH3 is 1. The summed E-state index contributed by atoms with van der Waals surface area (Å²) in [5.41, 5.74) is 1.05. The van der Waals surface area contributed by atoms with Crippen molar-refractivity contribution in [3.05, 3.63) is 29.8 Å². The van der Waals surface area contributed by atoms with E-state index in [4.69, 9.17) is 4.74 Å². The molecule has 126 valence electrons. The number of benzene rings is 1. The number of hydrogen-bond acceptors (Lipinski definition) is 3. The van der Waals surface area contributed by atoms with Gasteiger partial charge >= 0.3 is 5.97 Å². The van der Waals surface area contributed by atoms with Crippen LogP contribution in [0.15, 0.2) is 24.3 Å². The largest absolute Gasteiger partial charge is 0.497 e. The van der Waals surface area contributed by atoms with E-state index in [0.717, 1.165) is 17.7 Å². The molecule has 0 saturated carbocycles. The number of carboxylic acid groups (broad SMARTS) is 1. The van der Waals surface area contributed by atoms with Gasteiger partial charge in [0.05, 0.1) is 7.11 Å². The molecule has 5 heteroatoms. The molecular formula is C18H25NO4. The lowest BCUT2D eigenvalue weighted by atomic mass is 9.90. The number of amides is 1. The zero-order valence-electron chi connectivity index (χ0n) is 14.0. The van der Waals surface area contributed by atoms with E-state index >= 15 is 0 Å². The highest BCUT2D eigenvalue weighted by Crippen LogP contribution is 2.25. The maximum Gasteiger partial charge on any atom is 0.326 e. The highest BCUT2D eigenvalue weighted by atomic mass is 16.5. The number of nitrogens with zero attached hydrogens (tertiary/aromatic N) is 1. The Hall–Kier alpha value is -2.04. The van der Waals surface area contributed by atoms with E-state index < -0.39 is 12.0 Å². The van der Waals surface area contributed by atoms with Gasteiger partial charge in [-0.25, -0.2) is 4.79 Å². The summed E-state index contributed by atoms with van der Waals surface area (Å²) in [6.45, 7) is 4.44. The maximum absolute atomic E-state index is 12.7. The second kappa shape index (κ2) is 7.49. The number of carbonyl (C=O) groups excluding carboxylic acids is 1. The molecule has 0 bridgehead atoms. The molecule has 1 aliphatic heterocycles. The number of rotatable bonds is 5. The molecule has 3 unspecified atom stereocenters. The van der Waals surface area contributed by atoms with Crippen LogP contribution in [0, 0.1) is 11.8 Å². The van der Waals surface area contributed by atoms with E-state index in [1.54, 1.807) is 12.0 Å². The van der Waals surface area contributed by atoms with E-state index in [1.165, 1.54) is 0 Å². The summed E-state index contributed by atoms with van der Waals surface area (Å²) in [6.07, 6.45) is 2.00. The number of hydrogen-bond donors (Lipinski definition) is 1. The van der Waals surface area contributed by atoms with Crippen molar-refractivity contribution < 1.29 is 19.4 Å². The average Bonchev–Trinajstić information content (AvgIpc) is 2.54. The first-order valence-electron chi connectivity index (χ1n) is 8.08. The number of piperidine rings is 1. The predicted molar refractivity (Wildman–Crippen MR) is 87.4 cm³/mol.